The first-order valence-electron chi connectivity index (χ1n) is 9.00. The number of piperazine rings is 1. The van der Waals surface area contributed by atoms with Gasteiger partial charge in [-0.3, -0.25) is 14.5 Å². The van der Waals surface area contributed by atoms with Crippen LogP contribution in [-0.4, -0.2) is 54.3 Å². The number of rotatable bonds is 5. The lowest BCUT2D eigenvalue weighted by Crippen LogP contribution is -2.50. The first-order valence-corrected chi connectivity index (χ1v) is 9.38. The van der Waals surface area contributed by atoms with Crippen LogP contribution < -0.4 is 5.32 Å². The van der Waals surface area contributed by atoms with Crippen molar-refractivity contribution in [3.8, 4) is 0 Å². The van der Waals surface area contributed by atoms with E-state index in [2.05, 4.69) is 5.32 Å². The average Bonchev–Trinajstić information content (AvgIpc) is 2.69. The Labute approximate surface area is 168 Å². The first kappa shape index (κ1) is 20.0. The zero-order chi connectivity index (χ0) is 19.9. The van der Waals surface area contributed by atoms with Gasteiger partial charge in [0.05, 0.1) is 6.54 Å². The van der Waals surface area contributed by atoms with Gasteiger partial charge in [0.15, 0.2) is 0 Å². The van der Waals surface area contributed by atoms with Gasteiger partial charge in [0.1, 0.15) is 5.82 Å². The number of carbonyl (C=O) groups is 2. The van der Waals surface area contributed by atoms with E-state index in [1.54, 1.807) is 29.2 Å². The number of nitrogens with one attached hydrogen (secondary N) is 1. The fourth-order valence-electron chi connectivity index (χ4n) is 2.91. The second-order valence-corrected chi connectivity index (χ2v) is 6.98. The summed E-state index contributed by atoms with van der Waals surface area (Å²) in [5.41, 5.74) is 1.47. The summed E-state index contributed by atoms with van der Waals surface area (Å²) in [4.78, 5) is 28.2. The number of amides is 2. The lowest BCUT2D eigenvalue weighted by molar-refractivity contribution is -0.127. The Morgan fingerprint density at radius 2 is 1.64 bits per heavy atom. The van der Waals surface area contributed by atoms with Crippen LogP contribution in [0.15, 0.2) is 54.6 Å². The fourth-order valence-corrected chi connectivity index (χ4v) is 3.04. The highest BCUT2D eigenvalue weighted by Gasteiger charge is 2.21. The zero-order valence-electron chi connectivity index (χ0n) is 15.3. The zero-order valence-corrected chi connectivity index (χ0v) is 16.0. The minimum Gasteiger partial charge on any atom is -0.337 e. The largest absolute Gasteiger partial charge is 0.337 e. The maximum absolute atomic E-state index is 12.9. The van der Waals surface area contributed by atoms with Gasteiger partial charge in [-0.2, -0.15) is 0 Å². The quantitative estimate of drug-likeness (QED) is 0.782. The Hall–Kier alpha value is -2.70. The third-order valence-corrected chi connectivity index (χ3v) is 4.72. The van der Waals surface area contributed by atoms with E-state index < -0.39 is 0 Å². The second-order valence-electron chi connectivity index (χ2n) is 6.54. The molecule has 2 amide bonds. The molecule has 1 heterocycles. The molecule has 1 aliphatic rings. The molecule has 2 aromatic rings. The van der Waals surface area contributed by atoms with Crippen LogP contribution in [0.5, 0.6) is 0 Å². The van der Waals surface area contributed by atoms with E-state index in [9.17, 15) is 14.0 Å². The van der Waals surface area contributed by atoms with Gasteiger partial charge in [0.2, 0.25) is 11.8 Å². The number of halogens is 2. The van der Waals surface area contributed by atoms with Crippen LogP contribution in [0.3, 0.4) is 0 Å². The van der Waals surface area contributed by atoms with E-state index in [1.807, 2.05) is 17.0 Å². The van der Waals surface area contributed by atoms with Gasteiger partial charge in [0, 0.05) is 43.0 Å². The van der Waals surface area contributed by atoms with Crippen LogP contribution in [-0.2, 0) is 9.59 Å². The normalized spacial score (nSPS) is 15.0. The number of hydrogen-bond donors (Lipinski definition) is 1. The van der Waals surface area contributed by atoms with Gasteiger partial charge in [0.25, 0.3) is 0 Å². The number of hydrogen-bond acceptors (Lipinski definition) is 3. The summed E-state index contributed by atoms with van der Waals surface area (Å²) in [7, 11) is 0. The minimum absolute atomic E-state index is 0.0506. The van der Waals surface area contributed by atoms with Crippen LogP contribution in [0.2, 0.25) is 5.02 Å². The summed E-state index contributed by atoms with van der Waals surface area (Å²) in [6.45, 7) is 2.61. The van der Waals surface area contributed by atoms with E-state index in [4.69, 9.17) is 11.6 Å². The van der Waals surface area contributed by atoms with Crippen molar-refractivity contribution in [1.82, 2.24) is 9.80 Å². The maximum Gasteiger partial charge on any atom is 0.246 e. The molecule has 1 aliphatic heterocycles. The van der Waals surface area contributed by atoms with Crippen molar-refractivity contribution in [2.45, 2.75) is 0 Å². The maximum atomic E-state index is 12.9. The molecule has 28 heavy (non-hydrogen) atoms. The molecule has 0 aromatic heterocycles. The van der Waals surface area contributed by atoms with E-state index in [-0.39, 0.29) is 24.2 Å². The summed E-state index contributed by atoms with van der Waals surface area (Å²) in [5.74, 6) is -0.553. The van der Waals surface area contributed by atoms with Gasteiger partial charge < -0.3 is 10.2 Å². The summed E-state index contributed by atoms with van der Waals surface area (Å²) in [5, 5.41) is 3.40. The van der Waals surface area contributed by atoms with Crippen molar-refractivity contribution >= 4 is 35.2 Å². The Morgan fingerprint density at radius 1 is 1.00 bits per heavy atom. The smallest absolute Gasteiger partial charge is 0.246 e. The van der Waals surface area contributed by atoms with E-state index in [0.717, 1.165) is 5.56 Å². The predicted octanol–water partition coefficient (Wildman–Crippen LogP) is 3.28. The highest BCUT2D eigenvalue weighted by atomic mass is 35.5. The van der Waals surface area contributed by atoms with Gasteiger partial charge in [-0.1, -0.05) is 23.7 Å². The molecule has 0 unspecified atom stereocenters. The number of carbonyl (C=O) groups excluding carboxylic acids is 2. The molecule has 7 heteroatoms. The number of anilines is 1. The molecule has 146 valence electrons. The minimum atomic E-state index is -0.344. The molecule has 0 radical (unpaired) electrons. The van der Waals surface area contributed by atoms with Crippen molar-refractivity contribution in [1.29, 1.82) is 0 Å². The first-order chi connectivity index (χ1) is 13.5. The van der Waals surface area contributed by atoms with Crippen molar-refractivity contribution in [2.75, 3.05) is 38.0 Å². The standard InChI is InChI=1S/C21H21ClFN3O2/c22-17-4-1-16(2-5-17)3-10-21(28)26-13-11-25(12-14-26)15-20(27)24-19-8-6-18(23)7-9-19/h1-10H,11-15H2,(H,24,27)/b10-3+. The van der Waals surface area contributed by atoms with Crippen molar-refractivity contribution < 1.29 is 14.0 Å². The second kappa shape index (κ2) is 9.48. The molecular weight excluding hydrogens is 381 g/mol. The Bertz CT molecular complexity index is 845. The van der Waals surface area contributed by atoms with Crippen LogP contribution in [0, 0.1) is 5.82 Å². The van der Waals surface area contributed by atoms with Gasteiger partial charge >= 0.3 is 0 Å². The SMILES string of the molecule is O=C(CN1CCN(C(=O)/C=C/c2ccc(Cl)cc2)CC1)Nc1ccc(F)cc1. The van der Waals surface area contributed by atoms with Crippen molar-refractivity contribution in [2.24, 2.45) is 0 Å². The summed E-state index contributed by atoms with van der Waals surface area (Å²) >= 11 is 5.85. The van der Waals surface area contributed by atoms with Gasteiger partial charge in [-0.15, -0.1) is 0 Å². The van der Waals surface area contributed by atoms with Crippen molar-refractivity contribution in [3.63, 3.8) is 0 Å². The third-order valence-electron chi connectivity index (χ3n) is 4.47. The molecule has 1 saturated heterocycles. The third kappa shape index (κ3) is 5.90. The Balaban J connectivity index is 1.43. The van der Waals surface area contributed by atoms with Crippen molar-refractivity contribution in [3.05, 3.63) is 71.0 Å². The molecule has 0 atom stereocenters. The molecule has 0 saturated carbocycles. The monoisotopic (exact) mass is 401 g/mol. The molecule has 3 rings (SSSR count). The van der Waals surface area contributed by atoms with Gasteiger partial charge in [-0.25, -0.2) is 4.39 Å². The summed E-state index contributed by atoms with van der Waals surface area (Å²) in [6.07, 6.45) is 3.32. The number of benzene rings is 2. The highest BCUT2D eigenvalue weighted by Crippen LogP contribution is 2.12. The molecule has 1 N–H and O–H groups in total. The molecule has 5 nitrogen and oxygen atoms in total. The molecule has 1 fully saturated rings. The lowest BCUT2D eigenvalue weighted by atomic mass is 10.2. The fraction of sp³-hybridized carbons (Fsp3) is 0.238. The van der Waals surface area contributed by atoms with Crippen LogP contribution in [0.1, 0.15) is 5.56 Å². The summed E-state index contributed by atoms with van der Waals surface area (Å²) in [6, 6.07) is 12.9. The average molecular weight is 402 g/mol. The molecule has 0 spiro atoms. The van der Waals surface area contributed by atoms with E-state index >= 15 is 0 Å². The molecule has 0 aliphatic carbocycles. The van der Waals surface area contributed by atoms with E-state index in [1.165, 1.54) is 24.3 Å². The summed E-state index contributed by atoms with van der Waals surface area (Å²) < 4.78 is 12.9. The lowest BCUT2D eigenvalue weighted by Gasteiger charge is -2.33. The van der Waals surface area contributed by atoms with Gasteiger partial charge in [-0.05, 0) is 48.0 Å². The van der Waals surface area contributed by atoms with Crippen LogP contribution >= 0.6 is 11.6 Å². The predicted molar refractivity (Wildman–Crippen MR) is 109 cm³/mol. The van der Waals surface area contributed by atoms with Crippen LogP contribution in [0.25, 0.3) is 6.08 Å². The van der Waals surface area contributed by atoms with Crippen LogP contribution in [0.4, 0.5) is 10.1 Å². The Kier molecular flexibility index (Phi) is 6.79. The number of nitrogens with zero attached hydrogens (tertiary/aromatic N) is 2. The molecule has 2 aromatic carbocycles. The highest BCUT2D eigenvalue weighted by molar-refractivity contribution is 6.30. The topological polar surface area (TPSA) is 52.7 Å². The molecular formula is C21H21ClFN3O2. The Morgan fingerprint density at radius 3 is 2.29 bits per heavy atom. The molecule has 0 bridgehead atoms. The van der Waals surface area contributed by atoms with E-state index in [0.29, 0.717) is 36.9 Å².